The number of nitrogens with one attached hydrogen (secondary N) is 1. The van der Waals surface area contributed by atoms with E-state index in [0.29, 0.717) is 22.2 Å². The predicted molar refractivity (Wildman–Crippen MR) is 108 cm³/mol. The highest BCUT2D eigenvalue weighted by molar-refractivity contribution is 7.98. The van der Waals surface area contributed by atoms with Crippen molar-refractivity contribution < 1.29 is 9.53 Å². The topological polar surface area (TPSA) is 112 Å². The minimum absolute atomic E-state index is 0.100. The lowest BCUT2D eigenvalue weighted by Crippen LogP contribution is -2.24. The fraction of sp³-hybridized carbons (Fsp3) is 0.158. The molecule has 8 nitrogen and oxygen atoms in total. The number of thioether (sulfide) groups is 1. The van der Waals surface area contributed by atoms with Gasteiger partial charge in [0.25, 0.3) is 5.56 Å². The van der Waals surface area contributed by atoms with Crippen molar-refractivity contribution in [3.05, 3.63) is 70.0 Å². The zero-order chi connectivity index (χ0) is 20.1. The number of hydrogen-bond donors (Lipinski definition) is 2. The highest BCUT2D eigenvalue weighted by Gasteiger charge is 2.11. The fourth-order valence-electron chi connectivity index (χ4n) is 2.38. The molecule has 3 N–H and O–H groups in total. The molecule has 0 bridgehead atoms. The van der Waals surface area contributed by atoms with Crippen LogP contribution in [0.5, 0.6) is 5.75 Å². The number of rotatable bonds is 7. The van der Waals surface area contributed by atoms with Crippen molar-refractivity contribution in [2.75, 3.05) is 12.4 Å². The van der Waals surface area contributed by atoms with Crippen molar-refractivity contribution in [2.45, 2.75) is 10.9 Å². The first-order chi connectivity index (χ1) is 13.5. The summed E-state index contributed by atoms with van der Waals surface area (Å²) in [6.07, 6.45) is 0. The first kappa shape index (κ1) is 19.4. The van der Waals surface area contributed by atoms with Crippen LogP contribution in [0.3, 0.4) is 0 Å². The number of benzene rings is 2. The van der Waals surface area contributed by atoms with Crippen molar-refractivity contribution in [1.82, 2.24) is 14.8 Å². The molecule has 0 fully saturated rings. The van der Waals surface area contributed by atoms with Crippen LogP contribution >= 0.6 is 11.8 Å². The quantitative estimate of drug-likeness (QED) is 0.588. The number of primary amides is 1. The molecule has 1 heterocycles. The predicted octanol–water partition coefficient (Wildman–Crippen LogP) is 2.32. The lowest BCUT2D eigenvalue weighted by molar-refractivity contribution is 0.100. The number of hydrogen-bond acceptors (Lipinski definition) is 7. The second kappa shape index (κ2) is 8.57. The van der Waals surface area contributed by atoms with Gasteiger partial charge in [-0.1, -0.05) is 23.9 Å². The molecule has 2 aromatic carbocycles. The lowest BCUT2D eigenvalue weighted by Gasteiger charge is -2.09. The van der Waals surface area contributed by atoms with Crippen LogP contribution in [0.1, 0.15) is 15.9 Å². The summed E-state index contributed by atoms with van der Waals surface area (Å²) in [7, 11) is 3.27. The Morgan fingerprint density at radius 3 is 2.43 bits per heavy atom. The highest BCUT2D eigenvalue weighted by Crippen LogP contribution is 2.21. The summed E-state index contributed by atoms with van der Waals surface area (Å²) in [5.74, 6) is 1.02. The van der Waals surface area contributed by atoms with E-state index in [1.54, 1.807) is 38.4 Å². The van der Waals surface area contributed by atoms with E-state index in [9.17, 15) is 9.59 Å². The van der Waals surface area contributed by atoms with Crippen LogP contribution in [0.15, 0.2) is 58.5 Å². The number of aromatic nitrogens is 3. The summed E-state index contributed by atoms with van der Waals surface area (Å²) in [6.45, 7) is 0. The van der Waals surface area contributed by atoms with Gasteiger partial charge in [0.1, 0.15) is 5.75 Å². The third-order valence-electron chi connectivity index (χ3n) is 3.99. The van der Waals surface area contributed by atoms with Gasteiger partial charge in [0.15, 0.2) is 5.16 Å². The number of carbonyl (C=O) groups excluding carboxylic acids is 1. The molecule has 0 aliphatic rings. The molecular weight excluding hydrogens is 378 g/mol. The van der Waals surface area contributed by atoms with E-state index in [-0.39, 0.29) is 11.4 Å². The summed E-state index contributed by atoms with van der Waals surface area (Å²) in [6, 6.07) is 14.1. The number of amides is 1. The SMILES string of the molecule is COc1ccc(CSc2nnc(Nc3ccc(C(N)=O)cc3)c(=O)n2C)cc1. The zero-order valence-electron chi connectivity index (χ0n) is 15.4. The van der Waals surface area contributed by atoms with Crippen LogP contribution in [0.4, 0.5) is 11.5 Å². The van der Waals surface area contributed by atoms with Gasteiger partial charge in [-0.25, -0.2) is 0 Å². The standard InChI is InChI=1S/C19H19N5O3S/c1-24-18(26)17(21-14-7-5-13(6-8-14)16(20)25)22-23-19(24)28-11-12-3-9-15(27-2)10-4-12/h3-10H,11H2,1-2H3,(H2,20,25)(H,21,22). The van der Waals surface area contributed by atoms with Crippen LogP contribution < -0.4 is 21.3 Å². The smallest absolute Gasteiger partial charge is 0.297 e. The van der Waals surface area contributed by atoms with E-state index in [2.05, 4.69) is 15.5 Å². The van der Waals surface area contributed by atoms with Gasteiger partial charge in [0.2, 0.25) is 11.7 Å². The summed E-state index contributed by atoms with van der Waals surface area (Å²) in [4.78, 5) is 23.7. The minimum Gasteiger partial charge on any atom is -0.497 e. The van der Waals surface area contributed by atoms with Gasteiger partial charge in [-0.3, -0.25) is 14.2 Å². The Hall–Kier alpha value is -3.33. The van der Waals surface area contributed by atoms with Crippen molar-refractivity contribution >= 4 is 29.2 Å². The second-order valence-electron chi connectivity index (χ2n) is 5.90. The molecule has 0 atom stereocenters. The lowest BCUT2D eigenvalue weighted by atomic mass is 10.2. The summed E-state index contributed by atoms with van der Waals surface area (Å²) < 4.78 is 6.59. The Balaban J connectivity index is 1.71. The minimum atomic E-state index is -0.513. The zero-order valence-corrected chi connectivity index (χ0v) is 16.2. The molecule has 9 heteroatoms. The maximum absolute atomic E-state index is 12.6. The molecule has 3 rings (SSSR count). The number of nitrogens with zero attached hydrogens (tertiary/aromatic N) is 3. The molecule has 28 heavy (non-hydrogen) atoms. The maximum atomic E-state index is 12.6. The first-order valence-corrected chi connectivity index (χ1v) is 9.33. The van der Waals surface area contributed by atoms with Gasteiger partial charge in [0, 0.05) is 24.1 Å². The Kier molecular flexibility index (Phi) is 5.95. The average molecular weight is 397 g/mol. The van der Waals surface area contributed by atoms with Gasteiger partial charge in [-0.2, -0.15) is 0 Å². The molecule has 1 amide bonds. The first-order valence-electron chi connectivity index (χ1n) is 8.34. The number of ether oxygens (including phenoxy) is 1. The van der Waals surface area contributed by atoms with Gasteiger partial charge >= 0.3 is 0 Å². The van der Waals surface area contributed by atoms with Gasteiger partial charge in [0.05, 0.1) is 7.11 Å². The third kappa shape index (κ3) is 4.49. The second-order valence-corrected chi connectivity index (χ2v) is 6.84. The summed E-state index contributed by atoms with van der Waals surface area (Å²) in [5.41, 5.74) is 6.99. The molecule has 0 saturated carbocycles. The third-order valence-corrected chi connectivity index (χ3v) is 5.08. The molecule has 0 spiro atoms. The molecule has 0 aliphatic carbocycles. The normalized spacial score (nSPS) is 10.5. The van der Waals surface area contributed by atoms with Gasteiger partial charge in [-0.05, 0) is 42.0 Å². The number of anilines is 2. The molecular formula is C19H19N5O3S. The molecule has 0 radical (unpaired) electrons. The van der Waals surface area contributed by atoms with E-state index < -0.39 is 5.91 Å². The summed E-state index contributed by atoms with van der Waals surface area (Å²) >= 11 is 1.42. The summed E-state index contributed by atoms with van der Waals surface area (Å²) in [5, 5.41) is 11.6. The van der Waals surface area contributed by atoms with Crippen LogP contribution in [0.2, 0.25) is 0 Å². The molecule has 144 valence electrons. The molecule has 0 aliphatic heterocycles. The van der Waals surface area contributed by atoms with Gasteiger partial charge in [-0.15, -0.1) is 10.2 Å². The van der Waals surface area contributed by atoms with Crippen LogP contribution in [0, 0.1) is 0 Å². The van der Waals surface area contributed by atoms with Crippen LogP contribution in [-0.4, -0.2) is 27.8 Å². The Morgan fingerprint density at radius 1 is 1.14 bits per heavy atom. The Morgan fingerprint density at radius 2 is 1.82 bits per heavy atom. The molecule has 0 unspecified atom stereocenters. The van der Waals surface area contributed by atoms with E-state index in [1.807, 2.05) is 24.3 Å². The molecule has 3 aromatic rings. The van der Waals surface area contributed by atoms with Crippen LogP contribution in [0.25, 0.3) is 0 Å². The van der Waals surface area contributed by atoms with E-state index in [0.717, 1.165) is 11.3 Å². The molecule has 1 aromatic heterocycles. The van der Waals surface area contributed by atoms with E-state index in [1.165, 1.54) is 16.3 Å². The number of methoxy groups -OCH3 is 1. The highest BCUT2D eigenvalue weighted by atomic mass is 32.2. The van der Waals surface area contributed by atoms with Crippen LogP contribution in [-0.2, 0) is 12.8 Å². The van der Waals surface area contributed by atoms with E-state index in [4.69, 9.17) is 10.5 Å². The largest absolute Gasteiger partial charge is 0.497 e. The number of carbonyl (C=O) groups is 1. The van der Waals surface area contributed by atoms with Crippen molar-refractivity contribution in [3.63, 3.8) is 0 Å². The van der Waals surface area contributed by atoms with Crippen molar-refractivity contribution in [3.8, 4) is 5.75 Å². The monoisotopic (exact) mass is 397 g/mol. The van der Waals surface area contributed by atoms with Gasteiger partial charge < -0.3 is 15.8 Å². The fourth-order valence-corrected chi connectivity index (χ4v) is 3.24. The Labute approximate surface area is 165 Å². The van der Waals surface area contributed by atoms with Crippen molar-refractivity contribution in [2.24, 2.45) is 12.8 Å². The van der Waals surface area contributed by atoms with Crippen molar-refractivity contribution in [1.29, 1.82) is 0 Å². The maximum Gasteiger partial charge on any atom is 0.297 e. The molecule has 0 saturated heterocycles. The number of nitrogens with two attached hydrogens (primary N) is 1. The van der Waals surface area contributed by atoms with E-state index >= 15 is 0 Å². The average Bonchev–Trinajstić information content (AvgIpc) is 2.71. The Bertz CT molecular complexity index is 1030.